The third kappa shape index (κ3) is 6.57. The summed E-state index contributed by atoms with van der Waals surface area (Å²) in [6.07, 6.45) is 1.70. The van der Waals surface area contributed by atoms with Crippen molar-refractivity contribution in [3.63, 3.8) is 0 Å². The van der Waals surface area contributed by atoms with E-state index in [-0.39, 0.29) is 11.6 Å². The van der Waals surface area contributed by atoms with Crippen LogP contribution in [0.3, 0.4) is 0 Å². The minimum atomic E-state index is -0.886. The summed E-state index contributed by atoms with van der Waals surface area (Å²) in [5, 5.41) is 4.85. The molecule has 0 fully saturated rings. The molecule has 0 saturated carbocycles. The number of rotatable bonds is 9. The van der Waals surface area contributed by atoms with E-state index >= 15 is 0 Å². The highest BCUT2D eigenvalue weighted by molar-refractivity contribution is 7.72. The van der Waals surface area contributed by atoms with Crippen molar-refractivity contribution in [1.29, 1.82) is 0 Å². The number of benzene rings is 6. The lowest BCUT2D eigenvalue weighted by Gasteiger charge is -2.23. The first-order valence-corrected chi connectivity index (χ1v) is 17.0. The van der Waals surface area contributed by atoms with Crippen LogP contribution in [0.4, 0.5) is 8.78 Å². The first kappa shape index (κ1) is 28.2. The largest absolute Gasteiger partial charge is 0.207 e. The molecule has 0 spiro atoms. The minimum absolute atomic E-state index is 0.254. The Balaban J connectivity index is 1.40. The molecule has 0 N–H and O–H groups in total. The fraction of sp³-hybridized carbons (Fsp3) is 0.0526. The van der Waals surface area contributed by atoms with Gasteiger partial charge in [0.25, 0.3) is 0 Å². The van der Waals surface area contributed by atoms with E-state index in [1.54, 1.807) is 0 Å². The third-order valence-corrected chi connectivity index (χ3v) is 12.4. The molecule has 0 amide bonds. The summed E-state index contributed by atoms with van der Waals surface area (Å²) >= 11 is 0. The Bertz CT molecular complexity index is 1650. The predicted molar refractivity (Wildman–Crippen MR) is 177 cm³/mol. The molecule has 4 heteroatoms. The van der Waals surface area contributed by atoms with E-state index in [0.29, 0.717) is 0 Å². The lowest BCUT2D eigenvalue weighted by atomic mass is 9.97. The van der Waals surface area contributed by atoms with Gasteiger partial charge in [-0.15, -0.1) is 0 Å². The molecule has 6 aromatic carbocycles. The van der Waals surface area contributed by atoms with Gasteiger partial charge in [0.1, 0.15) is 11.6 Å². The van der Waals surface area contributed by atoms with Gasteiger partial charge in [-0.2, -0.15) is 0 Å². The lowest BCUT2D eigenvalue weighted by Crippen LogP contribution is -2.14. The molecule has 206 valence electrons. The average Bonchev–Trinajstić information content (AvgIpc) is 3.05. The fourth-order valence-electron chi connectivity index (χ4n) is 5.30. The van der Waals surface area contributed by atoms with Crippen molar-refractivity contribution in [2.45, 2.75) is 12.3 Å². The van der Waals surface area contributed by atoms with Crippen LogP contribution in [-0.4, -0.2) is 0 Å². The van der Waals surface area contributed by atoms with Crippen molar-refractivity contribution in [3.05, 3.63) is 180 Å². The Labute approximate surface area is 249 Å². The van der Waals surface area contributed by atoms with Gasteiger partial charge in [0.2, 0.25) is 0 Å². The first-order valence-electron chi connectivity index (χ1n) is 14.0. The van der Waals surface area contributed by atoms with Gasteiger partial charge >= 0.3 is 0 Å². The number of hydrogen-bond acceptors (Lipinski definition) is 0. The van der Waals surface area contributed by atoms with Crippen LogP contribution in [-0.2, 0) is 12.3 Å². The fourth-order valence-corrected chi connectivity index (χ4v) is 9.95. The smallest absolute Gasteiger partial charge is 0.123 e. The van der Waals surface area contributed by atoms with E-state index in [9.17, 15) is 8.78 Å². The summed E-state index contributed by atoms with van der Waals surface area (Å²) in [7, 11) is -1.49. The van der Waals surface area contributed by atoms with Crippen molar-refractivity contribution < 1.29 is 8.78 Å². The summed E-state index contributed by atoms with van der Waals surface area (Å²) in [4.78, 5) is 0. The molecule has 0 atom stereocenters. The molecule has 0 aliphatic heterocycles. The van der Waals surface area contributed by atoms with Crippen LogP contribution in [0.5, 0.6) is 0 Å². The zero-order valence-electron chi connectivity index (χ0n) is 23.1. The molecule has 0 unspecified atom stereocenters. The Kier molecular flexibility index (Phi) is 8.95. The zero-order valence-corrected chi connectivity index (χ0v) is 24.9. The Morgan fingerprint density at radius 1 is 0.333 bits per heavy atom. The van der Waals surface area contributed by atoms with Gasteiger partial charge in [0.15, 0.2) is 0 Å². The summed E-state index contributed by atoms with van der Waals surface area (Å²) < 4.78 is 27.7. The van der Waals surface area contributed by atoms with Crippen LogP contribution in [0.15, 0.2) is 158 Å². The van der Waals surface area contributed by atoms with E-state index in [1.165, 1.54) is 57.1 Å². The maximum absolute atomic E-state index is 13.9. The molecule has 0 bridgehead atoms. The second kappa shape index (κ2) is 13.3. The van der Waals surface area contributed by atoms with Crippen molar-refractivity contribution in [2.75, 3.05) is 0 Å². The summed E-state index contributed by atoms with van der Waals surface area (Å²) in [5.74, 6) is -0.508. The summed E-state index contributed by atoms with van der Waals surface area (Å²) in [6, 6.07) is 52.5. The van der Waals surface area contributed by atoms with Gasteiger partial charge in [-0.05, 0) is 83.6 Å². The molecule has 6 rings (SSSR count). The maximum atomic E-state index is 13.9. The summed E-state index contributed by atoms with van der Waals surface area (Å²) in [6.45, 7) is 0. The van der Waals surface area contributed by atoms with Gasteiger partial charge in [-0.25, -0.2) is 8.78 Å². The lowest BCUT2D eigenvalue weighted by molar-refractivity contribution is 0.628. The molecule has 0 saturated heterocycles. The van der Waals surface area contributed by atoms with Crippen molar-refractivity contribution in [1.82, 2.24) is 0 Å². The van der Waals surface area contributed by atoms with Gasteiger partial charge in [-0.1, -0.05) is 133 Å². The molecule has 0 aromatic heterocycles. The Morgan fingerprint density at radius 3 is 1.02 bits per heavy atom. The standard InChI is InChI=1S/C38H30F2P2/c39-31-19-23-35(24-20-31)42(36-25-21-32(40)22-26-36)28-30-12-8-10-18-38(30)37-17-9-7-11-29(37)27-41(33-13-3-1-4-14-33)34-15-5-2-6-16-34/h1-26H,27-28H2. The van der Waals surface area contributed by atoms with Gasteiger partial charge in [-0.3, -0.25) is 0 Å². The second-order valence-corrected chi connectivity index (χ2v) is 14.5. The molecule has 6 aromatic rings. The van der Waals surface area contributed by atoms with Gasteiger partial charge < -0.3 is 0 Å². The maximum Gasteiger partial charge on any atom is 0.123 e. The molecule has 42 heavy (non-hydrogen) atoms. The van der Waals surface area contributed by atoms with Crippen LogP contribution in [0.2, 0.25) is 0 Å². The molecule has 0 radical (unpaired) electrons. The quantitative estimate of drug-likeness (QED) is 0.149. The number of halogens is 2. The van der Waals surface area contributed by atoms with Crippen molar-refractivity contribution >= 4 is 37.1 Å². The highest BCUT2D eigenvalue weighted by atomic mass is 31.1. The van der Waals surface area contributed by atoms with Crippen LogP contribution in [0.25, 0.3) is 11.1 Å². The second-order valence-electron chi connectivity index (χ2n) is 10.1. The Morgan fingerprint density at radius 2 is 0.643 bits per heavy atom. The molecule has 0 aliphatic carbocycles. The van der Waals surface area contributed by atoms with Crippen molar-refractivity contribution in [2.24, 2.45) is 0 Å². The van der Waals surface area contributed by atoms with Crippen LogP contribution in [0, 0.1) is 11.6 Å². The SMILES string of the molecule is Fc1ccc(P(Cc2ccccc2-c2ccccc2CP(c2ccccc2)c2ccccc2)c2ccc(F)cc2)cc1. The molecule has 0 aliphatic rings. The average molecular weight is 587 g/mol. The van der Waals surface area contributed by atoms with E-state index in [1.807, 2.05) is 24.3 Å². The van der Waals surface area contributed by atoms with Crippen LogP contribution in [0.1, 0.15) is 11.1 Å². The highest BCUT2D eigenvalue weighted by Gasteiger charge is 2.20. The highest BCUT2D eigenvalue weighted by Crippen LogP contribution is 2.44. The van der Waals surface area contributed by atoms with Crippen molar-refractivity contribution in [3.8, 4) is 11.1 Å². The third-order valence-electron chi connectivity index (χ3n) is 7.39. The zero-order chi connectivity index (χ0) is 28.7. The van der Waals surface area contributed by atoms with Crippen LogP contribution >= 0.6 is 15.8 Å². The molecule has 0 nitrogen and oxygen atoms in total. The topological polar surface area (TPSA) is 0 Å². The van der Waals surface area contributed by atoms with Gasteiger partial charge in [0, 0.05) is 12.3 Å². The van der Waals surface area contributed by atoms with E-state index in [2.05, 4.69) is 109 Å². The van der Waals surface area contributed by atoms with E-state index < -0.39 is 15.8 Å². The Hall–Kier alpha value is -3.96. The predicted octanol–water partition coefficient (Wildman–Crippen LogP) is 8.90. The number of hydrogen-bond donors (Lipinski definition) is 0. The molecular formula is C38H30F2P2. The summed E-state index contributed by atoms with van der Waals surface area (Å²) in [5.41, 5.74) is 4.99. The normalized spacial score (nSPS) is 11.2. The monoisotopic (exact) mass is 586 g/mol. The first-order chi connectivity index (χ1) is 20.7. The minimum Gasteiger partial charge on any atom is -0.207 e. The van der Waals surface area contributed by atoms with Crippen LogP contribution < -0.4 is 21.2 Å². The molecule has 0 heterocycles. The molecular weight excluding hydrogens is 556 g/mol. The van der Waals surface area contributed by atoms with Gasteiger partial charge in [0.05, 0.1) is 0 Å². The van der Waals surface area contributed by atoms with E-state index in [4.69, 9.17) is 0 Å². The van der Waals surface area contributed by atoms with E-state index in [0.717, 1.165) is 22.9 Å².